The van der Waals surface area contributed by atoms with E-state index in [2.05, 4.69) is 15.3 Å². The summed E-state index contributed by atoms with van der Waals surface area (Å²) in [6.07, 6.45) is 1.72. The zero-order valence-corrected chi connectivity index (χ0v) is 14.4. The Kier molecular flexibility index (Phi) is 4.79. The molecule has 0 saturated carbocycles. The molecule has 0 saturated heterocycles. The first-order valence-corrected chi connectivity index (χ1v) is 8.00. The predicted octanol–water partition coefficient (Wildman–Crippen LogP) is 3.94. The second kappa shape index (κ2) is 7.17. The van der Waals surface area contributed by atoms with Gasteiger partial charge in [0.1, 0.15) is 11.8 Å². The quantitative estimate of drug-likeness (QED) is 0.783. The molecule has 0 bridgehead atoms. The summed E-state index contributed by atoms with van der Waals surface area (Å²) in [5, 5.41) is 2.70. The second-order valence-electron chi connectivity index (χ2n) is 5.77. The van der Waals surface area contributed by atoms with Gasteiger partial charge in [0.05, 0.1) is 11.4 Å². The number of pyridine rings is 1. The molecular formula is C19H20N4O2. The van der Waals surface area contributed by atoms with Crippen LogP contribution in [0.25, 0.3) is 0 Å². The Bertz CT molecular complexity index is 787. The molecule has 0 aliphatic rings. The lowest BCUT2D eigenvalue weighted by Gasteiger charge is -2.27. The zero-order chi connectivity index (χ0) is 17.8. The molecule has 128 valence electrons. The average Bonchev–Trinajstić information content (AvgIpc) is 2.94. The van der Waals surface area contributed by atoms with Crippen molar-refractivity contribution in [2.75, 3.05) is 12.4 Å². The summed E-state index contributed by atoms with van der Waals surface area (Å²) in [6, 6.07) is 15.0. The van der Waals surface area contributed by atoms with Gasteiger partial charge in [-0.05, 0) is 31.5 Å². The SMILES string of the molecule is Cc1nc(NC(=O)N(C)[C@H](c2ccccc2)c2ccccn2)oc1C. The van der Waals surface area contributed by atoms with Crippen molar-refractivity contribution in [3.05, 3.63) is 77.4 Å². The molecule has 0 aliphatic heterocycles. The molecule has 2 aromatic heterocycles. The van der Waals surface area contributed by atoms with Crippen LogP contribution in [0, 0.1) is 13.8 Å². The Morgan fingerprint density at radius 3 is 2.44 bits per heavy atom. The number of hydrogen-bond acceptors (Lipinski definition) is 4. The highest BCUT2D eigenvalue weighted by Gasteiger charge is 2.25. The van der Waals surface area contributed by atoms with Gasteiger partial charge in [0, 0.05) is 13.2 Å². The monoisotopic (exact) mass is 336 g/mol. The molecule has 6 heteroatoms. The summed E-state index contributed by atoms with van der Waals surface area (Å²) in [5.41, 5.74) is 2.51. The lowest BCUT2D eigenvalue weighted by molar-refractivity contribution is 0.210. The minimum atomic E-state index is -0.320. The smallest absolute Gasteiger partial charge is 0.326 e. The Morgan fingerprint density at radius 2 is 1.84 bits per heavy atom. The number of amides is 2. The van der Waals surface area contributed by atoms with E-state index in [-0.39, 0.29) is 18.1 Å². The van der Waals surface area contributed by atoms with E-state index in [9.17, 15) is 4.79 Å². The second-order valence-corrected chi connectivity index (χ2v) is 5.77. The number of aromatic nitrogens is 2. The van der Waals surface area contributed by atoms with Gasteiger partial charge in [-0.1, -0.05) is 36.4 Å². The number of carbonyl (C=O) groups excluding carboxylic acids is 1. The third-order valence-electron chi connectivity index (χ3n) is 4.03. The third-order valence-corrected chi connectivity index (χ3v) is 4.03. The third kappa shape index (κ3) is 3.68. The van der Waals surface area contributed by atoms with Crippen LogP contribution in [0.1, 0.15) is 28.8 Å². The van der Waals surface area contributed by atoms with Gasteiger partial charge in [-0.3, -0.25) is 10.3 Å². The lowest BCUT2D eigenvalue weighted by Crippen LogP contribution is -2.36. The van der Waals surface area contributed by atoms with Crippen molar-refractivity contribution in [1.29, 1.82) is 0 Å². The highest BCUT2D eigenvalue weighted by atomic mass is 16.4. The largest absolute Gasteiger partial charge is 0.428 e. The van der Waals surface area contributed by atoms with E-state index >= 15 is 0 Å². The van der Waals surface area contributed by atoms with Crippen LogP contribution in [0.15, 0.2) is 59.1 Å². The molecule has 1 N–H and O–H groups in total. The molecule has 25 heavy (non-hydrogen) atoms. The molecule has 2 amide bonds. The number of hydrogen-bond donors (Lipinski definition) is 1. The number of carbonyl (C=O) groups is 1. The Morgan fingerprint density at radius 1 is 1.12 bits per heavy atom. The fourth-order valence-electron chi connectivity index (χ4n) is 2.59. The number of urea groups is 1. The van der Waals surface area contributed by atoms with E-state index < -0.39 is 0 Å². The molecule has 0 fully saturated rings. The number of nitrogens with one attached hydrogen (secondary N) is 1. The van der Waals surface area contributed by atoms with Crippen LogP contribution in [0.4, 0.5) is 10.8 Å². The van der Waals surface area contributed by atoms with Crippen LogP contribution >= 0.6 is 0 Å². The molecule has 3 aromatic rings. The summed E-state index contributed by atoms with van der Waals surface area (Å²) >= 11 is 0. The Balaban J connectivity index is 1.88. The molecule has 0 unspecified atom stereocenters. The van der Waals surface area contributed by atoms with Gasteiger partial charge in [-0.25, -0.2) is 4.79 Å². The van der Waals surface area contributed by atoms with Gasteiger partial charge in [0.25, 0.3) is 0 Å². The number of oxazole rings is 1. The zero-order valence-electron chi connectivity index (χ0n) is 14.4. The summed E-state index contributed by atoms with van der Waals surface area (Å²) in [4.78, 5) is 22.9. The Labute approximate surface area is 146 Å². The van der Waals surface area contributed by atoms with E-state index in [1.165, 1.54) is 0 Å². The van der Waals surface area contributed by atoms with Crippen molar-refractivity contribution in [3.8, 4) is 0 Å². The summed E-state index contributed by atoms with van der Waals surface area (Å²) in [7, 11) is 1.73. The van der Waals surface area contributed by atoms with Gasteiger partial charge in [-0.2, -0.15) is 4.98 Å². The van der Waals surface area contributed by atoms with Crippen molar-refractivity contribution < 1.29 is 9.21 Å². The first-order chi connectivity index (χ1) is 12.1. The minimum Gasteiger partial charge on any atom is -0.428 e. The molecular weight excluding hydrogens is 316 g/mol. The van der Waals surface area contributed by atoms with Crippen LogP contribution in [-0.4, -0.2) is 27.9 Å². The van der Waals surface area contributed by atoms with Crippen LogP contribution < -0.4 is 5.32 Å². The molecule has 1 aromatic carbocycles. The molecule has 3 rings (SSSR count). The van der Waals surface area contributed by atoms with Gasteiger partial charge in [-0.15, -0.1) is 0 Å². The van der Waals surface area contributed by atoms with Crippen LogP contribution in [0.2, 0.25) is 0 Å². The number of anilines is 1. The minimum absolute atomic E-state index is 0.194. The average molecular weight is 336 g/mol. The van der Waals surface area contributed by atoms with Crippen molar-refractivity contribution >= 4 is 12.0 Å². The molecule has 1 atom stereocenters. The van der Waals surface area contributed by atoms with Crippen LogP contribution in [0.5, 0.6) is 0 Å². The van der Waals surface area contributed by atoms with Gasteiger partial charge < -0.3 is 9.32 Å². The van der Waals surface area contributed by atoms with E-state index in [1.54, 1.807) is 18.1 Å². The molecule has 0 spiro atoms. The number of nitrogens with zero attached hydrogens (tertiary/aromatic N) is 3. The van der Waals surface area contributed by atoms with Gasteiger partial charge in [0.15, 0.2) is 0 Å². The van der Waals surface area contributed by atoms with Crippen LogP contribution in [0.3, 0.4) is 0 Å². The number of aryl methyl sites for hydroxylation is 2. The maximum absolute atomic E-state index is 12.7. The summed E-state index contributed by atoms with van der Waals surface area (Å²) < 4.78 is 5.44. The van der Waals surface area contributed by atoms with Gasteiger partial charge in [0.2, 0.25) is 0 Å². The fourth-order valence-corrected chi connectivity index (χ4v) is 2.59. The molecule has 2 heterocycles. The molecule has 0 radical (unpaired) electrons. The van der Waals surface area contributed by atoms with Crippen molar-refractivity contribution in [2.24, 2.45) is 0 Å². The molecule has 6 nitrogen and oxygen atoms in total. The molecule has 0 aliphatic carbocycles. The Hall–Kier alpha value is -3.15. The van der Waals surface area contributed by atoms with Gasteiger partial charge >= 0.3 is 12.0 Å². The first-order valence-electron chi connectivity index (χ1n) is 8.00. The lowest BCUT2D eigenvalue weighted by atomic mass is 10.0. The highest BCUT2D eigenvalue weighted by molar-refractivity contribution is 5.87. The van der Waals surface area contributed by atoms with E-state index in [0.29, 0.717) is 5.76 Å². The maximum atomic E-state index is 12.7. The number of rotatable bonds is 4. The standard InChI is InChI=1S/C19H20N4O2/c1-13-14(2)25-18(21-13)22-19(24)23(3)17(15-9-5-4-6-10-15)16-11-7-8-12-20-16/h4-12,17H,1-3H3,(H,21,22,24)/t17-/m1/s1. The normalized spacial score (nSPS) is 11.8. The topological polar surface area (TPSA) is 71.3 Å². The van der Waals surface area contributed by atoms with Crippen molar-refractivity contribution in [3.63, 3.8) is 0 Å². The summed E-state index contributed by atoms with van der Waals surface area (Å²) in [5.74, 6) is 0.683. The summed E-state index contributed by atoms with van der Waals surface area (Å²) in [6.45, 7) is 3.64. The van der Waals surface area contributed by atoms with E-state index in [4.69, 9.17) is 4.42 Å². The van der Waals surface area contributed by atoms with Crippen molar-refractivity contribution in [2.45, 2.75) is 19.9 Å². The van der Waals surface area contributed by atoms with E-state index in [0.717, 1.165) is 17.0 Å². The number of benzene rings is 1. The maximum Gasteiger partial charge on any atom is 0.326 e. The van der Waals surface area contributed by atoms with E-state index in [1.807, 2.05) is 62.4 Å². The highest BCUT2D eigenvalue weighted by Crippen LogP contribution is 2.26. The fraction of sp³-hybridized carbons (Fsp3) is 0.211. The van der Waals surface area contributed by atoms with Crippen molar-refractivity contribution in [1.82, 2.24) is 14.9 Å². The van der Waals surface area contributed by atoms with Crippen LogP contribution in [-0.2, 0) is 0 Å². The predicted molar refractivity (Wildman–Crippen MR) is 95.3 cm³/mol. The first kappa shape index (κ1) is 16.7.